The second-order valence-corrected chi connectivity index (χ2v) is 4.19. The molecule has 1 heterocycles. The fraction of sp³-hybridized carbons (Fsp3) is 0.462. The van der Waals surface area contributed by atoms with Gasteiger partial charge in [-0.15, -0.1) is 0 Å². The van der Waals surface area contributed by atoms with Crippen molar-refractivity contribution < 1.29 is 0 Å². The molecule has 0 aliphatic rings. The number of fused-ring (bicyclic) bond motifs is 1. The van der Waals surface area contributed by atoms with Gasteiger partial charge in [-0.2, -0.15) is 5.10 Å². The number of nitrogen functional groups attached to an aromatic ring is 1. The van der Waals surface area contributed by atoms with Crippen molar-refractivity contribution in [3.8, 4) is 0 Å². The lowest BCUT2D eigenvalue weighted by Gasteiger charge is -2.02. The maximum Gasteiger partial charge on any atom is 0.153 e. The monoisotopic (exact) mass is 217 g/mol. The molecule has 16 heavy (non-hydrogen) atoms. The molecule has 0 unspecified atom stereocenters. The van der Waals surface area contributed by atoms with Crippen molar-refractivity contribution in [1.82, 2.24) is 9.78 Å². The number of aryl methyl sites for hydroxylation is 1. The second kappa shape index (κ2) is 5.01. The first-order chi connectivity index (χ1) is 7.83. The van der Waals surface area contributed by atoms with E-state index in [1.165, 1.54) is 25.7 Å². The van der Waals surface area contributed by atoms with Gasteiger partial charge in [-0.25, -0.2) is 0 Å². The fourth-order valence-electron chi connectivity index (χ4n) is 2.01. The highest BCUT2D eigenvalue weighted by molar-refractivity contribution is 5.88. The Kier molecular flexibility index (Phi) is 3.44. The van der Waals surface area contributed by atoms with Crippen molar-refractivity contribution in [2.24, 2.45) is 0 Å². The van der Waals surface area contributed by atoms with Crippen LogP contribution in [0.1, 0.15) is 32.6 Å². The number of para-hydroxylation sites is 1. The molecule has 1 aromatic heterocycles. The minimum atomic E-state index is 0.645. The molecule has 2 rings (SSSR count). The molecule has 2 aromatic rings. The fourth-order valence-corrected chi connectivity index (χ4v) is 2.01. The van der Waals surface area contributed by atoms with Gasteiger partial charge in [-0.1, -0.05) is 38.3 Å². The molecule has 2 N–H and O–H groups in total. The molecule has 0 bridgehead atoms. The molecule has 0 saturated heterocycles. The highest BCUT2D eigenvalue weighted by atomic mass is 15.3. The Labute approximate surface area is 96.2 Å². The first-order valence-electron chi connectivity index (χ1n) is 6.04. The topological polar surface area (TPSA) is 43.8 Å². The maximum atomic E-state index is 5.88. The summed E-state index contributed by atoms with van der Waals surface area (Å²) in [5.74, 6) is 0.645. The lowest BCUT2D eigenvalue weighted by atomic mass is 10.2. The number of rotatable bonds is 5. The predicted molar refractivity (Wildman–Crippen MR) is 68.3 cm³/mol. The minimum absolute atomic E-state index is 0.645. The van der Waals surface area contributed by atoms with Crippen LogP contribution in [0, 0.1) is 0 Å². The van der Waals surface area contributed by atoms with Gasteiger partial charge in [0.15, 0.2) is 5.82 Å². The molecule has 0 fully saturated rings. The summed E-state index contributed by atoms with van der Waals surface area (Å²) in [4.78, 5) is 0. The van der Waals surface area contributed by atoms with Gasteiger partial charge in [0.05, 0.1) is 5.52 Å². The Hall–Kier alpha value is -1.51. The third-order valence-corrected chi connectivity index (χ3v) is 2.91. The predicted octanol–water partition coefficient (Wildman–Crippen LogP) is 3.20. The van der Waals surface area contributed by atoms with Crippen LogP contribution >= 0.6 is 0 Å². The molecule has 3 nitrogen and oxygen atoms in total. The molecule has 0 aliphatic heterocycles. The van der Waals surface area contributed by atoms with Crippen molar-refractivity contribution in [3.63, 3.8) is 0 Å². The summed E-state index contributed by atoms with van der Waals surface area (Å²) in [7, 11) is 0. The maximum absolute atomic E-state index is 5.88. The van der Waals surface area contributed by atoms with Gasteiger partial charge in [-0.3, -0.25) is 4.68 Å². The van der Waals surface area contributed by atoms with E-state index in [9.17, 15) is 0 Å². The number of nitrogens with zero attached hydrogens (tertiary/aromatic N) is 2. The molecule has 0 saturated carbocycles. The average molecular weight is 217 g/mol. The van der Waals surface area contributed by atoms with Crippen molar-refractivity contribution in [2.75, 3.05) is 5.73 Å². The van der Waals surface area contributed by atoms with E-state index >= 15 is 0 Å². The van der Waals surface area contributed by atoms with Crippen LogP contribution in [0.4, 0.5) is 5.82 Å². The quantitative estimate of drug-likeness (QED) is 0.781. The standard InChI is InChI=1S/C13H19N3/c1-2-3-4-7-10-16-12-9-6-5-8-11(12)13(14)15-16/h5-6,8-9H,2-4,7,10H2,1H3,(H2,14,15). The highest BCUT2D eigenvalue weighted by Gasteiger charge is 2.05. The van der Waals surface area contributed by atoms with Crippen LogP contribution in [-0.2, 0) is 6.54 Å². The summed E-state index contributed by atoms with van der Waals surface area (Å²) in [5.41, 5.74) is 7.03. The largest absolute Gasteiger partial charge is 0.382 e. The Bertz CT molecular complexity index is 459. The van der Waals surface area contributed by atoms with Gasteiger partial charge in [-0.05, 0) is 18.6 Å². The van der Waals surface area contributed by atoms with E-state index in [4.69, 9.17) is 5.73 Å². The van der Waals surface area contributed by atoms with Crippen LogP contribution in [0.3, 0.4) is 0 Å². The Morgan fingerprint density at radius 3 is 2.81 bits per heavy atom. The smallest absolute Gasteiger partial charge is 0.153 e. The van der Waals surface area contributed by atoms with E-state index in [0.717, 1.165) is 17.4 Å². The third-order valence-electron chi connectivity index (χ3n) is 2.91. The number of unbranched alkanes of at least 4 members (excludes halogenated alkanes) is 3. The van der Waals surface area contributed by atoms with Gasteiger partial charge in [0, 0.05) is 11.9 Å². The molecule has 1 aromatic carbocycles. The summed E-state index contributed by atoms with van der Waals surface area (Å²) in [5, 5.41) is 5.45. The summed E-state index contributed by atoms with van der Waals surface area (Å²) < 4.78 is 2.03. The number of aromatic nitrogens is 2. The Balaban J connectivity index is 2.12. The van der Waals surface area contributed by atoms with E-state index in [1.807, 2.05) is 22.9 Å². The zero-order valence-electron chi connectivity index (χ0n) is 9.82. The first kappa shape index (κ1) is 11.0. The lowest BCUT2D eigenvalue weighted by molar-refractivity contribution is 0.555. The molecule has 0 spiro atoms. The number of nitrogens with two attached hydrogens (primary N) is 1. The molecular weight excluding hydrogens is 198 g/mol. The molecule has 86 valence electrons. The zero-order chi connectivity index (χ0) is 11.4. The van der Waals surface area contributed by atoms with Crippen LogP contribution in [-0.4, -0.2) is 9.78 Å². The van der Waals surface area contributed by atoms with Crippen LogP contribution in [0.15, 0.2) is 24.3 Å². The van der Waals surface area contributed by atoms with Crippen molar-refractivity contribution in [2.45, 2.75) is 39.2 Å². The summed E-state index contributed by atoms with van der Waals surface area (Å²) >= 11 is 0. The highest BCUT2D eigenvalue weighted by Crippen LogP contribution is 2.20. The number of hydrogen-bond acceptors (Lipinski definition) is 2. The van der Waals surface area contributed by atoms with Crippen LogP contribution in [0.25, 0.3) is 10.9 Å². The minimum Gasteiger partial charge on any atom is -0.382 e. The summed E-state index contributed by atoms with van der Waals surface area (Å²) in [6.45, 7) is 3.19. The van der Waals surface area contributed by atoms with Gasteiger partial charge in [0.2, 0.25) is 0 Å². The molecular formula is C13H19N3. The number of anilines is 1. The zero-order valence-corrected chi connectivity index (χ0v) is 9.82. The summed E-state index contributed by atoms with van der Waals surface area (Å²) in [6.07, 6.45) is 5.01. The molecule has 0 amide bonds. The first-order valence-corrected chi connectivity index (χ1v) is 6.04. The Morgan fingerprint density at radius 1 is 1.19 bits per heavy atom. The van der Waals surface area contributed by atoms with E-state index < -0.39 is 0 Å². The normalized spacial score (nSPS) is 11.1. The SMILES string of the molecule is CCCCCCn1nc(N)c2ccccc21. The van der Waals surface area contributed by atoms with Gasteiger partial charge in [0.25, 0.3) is 0 Å². The van der Waals surface area contributed by atoms with Crippen molar-refractivity contribution in [3.05, 3.63) is 24.3 Å². The number of hydrogen-bond donors (Lipinski definition) is 1. The van der Waals surface area contributed by atoms with Crippen LogP contribution in [0.2, 0.25) is 0 Å². The van der Waals surface area contributed by atoms with Gasteiger partial charge >= 0.3 is 0 Å². The second-order valence-electron chi connectivity index (χ2n) is 4.19. The summed E-state index contributed by atoms with van der Waals surface area (Å²) in [6, 6.07) is 8.15. The van der Waals surface area contributed by atoms with E-state index in [2.05, 4.69) is 18.1 Å². The molecule has 0 radical (unpaired) electrons. The molecule has 0 atom stereocenters. The van der Waals surface area contributed by atoms with Gasteiger partial charge in [0.1, 0.15) is 0 Å². The van der Waals surface area contributed by atoms with E-state index in [0.29, 0.717) is 5.82 Å². The van der Waals surface area contributed by atoms with Crippen molar-refractivity contribution >= 4 is 16.7 Å². The third kappa shape index (κ3) is 2.18. The van der Waals surface area contributed by atoms with Crippen LogP contribution in [0.5, 0.6) is 0 Å². The Morgan fingerprint density at radius 2 is 2.00 bits per heavy atom. The van der Waals surface area contributed by atoms with Crippen molar-refractivity contribution in [1.29, 1.82) is 0 Å². The molecule has 0 aliphatic carbocycles. The average Bonchev–Trinajstić information content (AvgIpc) is 2.63. The number of benzene rings is 1. The van der Waals surface area contributed by atoms with E-state index in [1.54, 1.807) is 0 Å². The van der Waals surface area contributed by atoms with Gasteiger partial charge < -0.3 is 5.73 Å². The molecule has 3 heteroatoms. The lowest BCUT2D eigenvalue weighted by Crippen LogP contribution is -2.00. The van der Waals surface area contributed by atoms with Crippen LogP contribution < -0.4 is 5.73 Å². The van der Waals surface area contributed by atoms with E-state index in [-0.39, 0.29) is 0 Å².